The molecule has 1 aromatic carbocycles. The smallest absolute Gasteiger partial charge is 0.0388 e. The van der Waals surface area contributed by atoms with Crippen LogP contribution in [0.25, 0.3) is 0 Å². The molecule has 3 N–H and O–H groups in total. The molecule has 0 heterocycles. The lowest BCUT2D eigenvalue weighted by atomic mass is 9.84. The van der Waals surface area contributed by atoms with Crippen LogP contribution in [0.4, 0.5) is 5.69 Å². The zero-order valence-electron chi connectivity index (χ0n) is 12.2. The molecular formula is C16H27N3. The van der Waals surface area contributed by atoms with Crippen molar-refractivity contribution >= 4 is 5.69 Å². The van der Waals surface area contributed by atoms with E-state index < -0.39 is 0 Å². The first kappa shape index (κ1) is 14.4. The van der Waals surface area contributed by atoms with Crippen molar-refractivity contribution in [3.05, 3.63) is 29.8 Å². The molecule has 0 aromatic heterocycles. The van der Waals surface area contributed by atoms with Gasteiger partial charge in [0.2, 0.25) is 0 Å². The fraction of sp³-hybridized carbons (Fsp3) is 0.625. The first-order valence-corrected chi connectivity index (χ1v) is 7.40. The SMILES string of the molecule is CN(C)Cc1ccccc1NC1CCCCC1CN. The van der Waals surface area contributed by atoms with E-state index in [-0.39, 0.29) is 0 Å². The monoisotopic (exact) mass is 261 g/mol. The number of hydrogen-bond donors (Lipinski definition) is 2. The molecule has 19 heavy (non-hydrogen) atoms. The molecule has 1 aliphatic carbocycles. The van der Waals surface area contributed by atoms with Crippen LogP contribution in [0.1, 0.15) is 31.2 Å². The van der Waals surface area contributed by atoms with Gasteiger partial charge in [-0.1, -0.05) is 31.0 Å². The number of nitrogens with two attached hydrogens (primary N) is 1. The molecule has 0 bridgehead atoms. The maximum Gasteiger partial charge on any atom is 0.0388 e. The van der Waals surface area contributed by atoms with Crippen LogP contribution in [0.5, 0.6) is 0 Å². The minimum atomic E-state index is 0.544. The lowest BCUT2D eigenvalue weighted by Crippen LogP contribution is -2.37. The molecule has 1 saturated carbocycles. The summed E-state index contributed by atoms with van der Waals surface area (Å²) in [6.07, 6.45) is 5.17. The van der Waals surface area contributed by atoms with E-state index in [1.54, 1.807) is 0 Å². The van der Waals surface area contributed by atoms with Gasteiger partial charge in [-0.3, -0.25) is 0 Å². The molecule has 0 aliphatic heterocycles. The Morgan fingerprint density at radius 3 is 2.68 bits per heavy atom. The average Bonchev–Trinajstić information content (AvgIpc) is 2.41. The second-order valence-corrected chi connectivity index (χ2v) is 5.93. The van der Waals surface area contributed by atoms with Gasteiger partial charge in [0.15, 0.2) is 0 Å². The van der Waals surface area contributed by atoms with Crippen molar-refractivity contribution in [1.29, 1.82) is 0 Å². The number of nitrogens with zero attached hydrogens (tertiary/aromatic N) is 1. The van der Waals surface area contributed by atoms with Crippen molar-refractivity contribution in [2.45, 2.75) is 38.3 Å². The number of benzene rings is 1. The van der Waals surface area contributed by atoms with Crippen molar-refractivity contribution in [2.75, 3.05) is 26.0 Å². The molecule has 0 radical (unpaired) electrons. The molecule has 2 atom stereocenters. The summed E-state index contributed by atoms with van der Waals surface area (Å²) in [6.45, 7) is 1.77. The van der Waals surface area contributed by atoms with Gasteiger partial charge in [-0.15, -0.1) is 0 Å². The third-order valence-electron chi connectivity index (χ3n) is 4.06. The van der Waals surface area contributed by atoms with Gasteiger partial charge >= 0.3 is 0 Å². The van der Waals surface area contributed by atoms with E-state index in [0.717, 1.165) is 13.1 Å². The van der Waals surface area contributed by atoms with Gasteiger partial charge in [0, 0.05) is 18.3 Å². The quantitative estimate of drug-likeness (QED) is 0.856. The Morgan fingerprint density at radius 2 is 1.95 bits per heavy atom. The fourth-order valence-corrected chi connectivity index (χ4v) is 3.02. The van der Waals surface area contributed by atoms with E-state index in [2.05, 4.69) is 48.6 Å². The number of hydrogen-bond acceptors (Lipinski definition) is 3. The Morgan fingerprint density at radius 1 is 1.21 bits per heavy atom. The van der Waals surface area contributed by atoms with Crippen molar-refractivity contribution < 1.29 is 0 Å². The molecule has 1 aliphatic rings. The summed E-state index contributed by atoms with van der Waals surface area (Å²) in [5.74, 6) is 0.626. The Bertz CT molecular complexity index is 389. The zero-order chi connectivity index (χ0) is 13.7. The lowest BCUT2D eigenvalue weighted by molar-refractivity contribution is 0.332. The normalized spacial score (nSPS) is 23.6. The highest BCUT2D eigenvalue weighted by Crippen LogP contribution is 2.28. The standard InChI is InChI=1S/C16H27N3/c1-19(2)12-14-8-4-6-10-16(14)18-15-9-5-3-7-13(15)11-17/h4,6,8,10,13,15,18H,3,5,7,9,11-12,17H2,1-2H3. The minimum absolute atomic E-state index is 0.544. The summed E-state index contributed by atoms with van der Waals surface area (Å²) in [5, 5.41) is 3.75. The van der Waals surface area contributed by atoms with Crippen LogP contribution in [0, 0.1) is 5.92 Å². The Hall–Kier alpha value is -1.06. The van der Waals surface area contributed by atoms with Crippen LogP contribution in [-0.4, -0.2) is 31.6 Å². The molecule has 2 unspecified atom stereocenters. The summed E-state index contributed by atoms with van der Waals surface area (Å²) in [4.78, 5) is 2.21. The molecule has 0 saturated heterocycles. The first-order chi connectivity index (χ1) is 9.20. The fourth-order valence-electron chi connectivity index (χ4n) is 3.02. The minimum Gasteiger partial charge on any atom is -0.382 e. The van der Waals surface area contributed by atoms with Crippen LogP contribution in [0.2, 0.25) is 0 Å². The zero-order valence-corrected chi connectivity index (χ0v) is 12.2. The van der Waals surface area contributed by atoms with E-state index in [0.29, 0.717) is 12.0 Å². The first-order valence-electron chi connectivity index (χ1n) is 7.40. The van der Waals surface area contributed by atoms with Crippen LogP contribution in [0.3, 0.4) is 0 Å². The van der Waals surface area contributed by atoms with E-state index >= 15 is 0 Å². The summed E-state index contributed by atoms with van der Waals surface area (Å²) in [7, 11) is 4.22. The number of rotatable bonds is 5. The molecule has 106 valence electrons. The Labute approximate surface area is 117 Å². The van der Waals surface area contributed by atoms with Crippen molar-refractivity contribution in [3.8, 4) is 0 Å². The third kappa shape index (κ3) is 3.95. The molecule has 3 heteroatoms. The van der Waals surface area contributed by atoms with Gasteiger partial charge in [-0.25, -0.2) is 0 Å². The van der Waals surface area contributed by atoms with Gasteiger partial charge in [-0.2, -0.15) is 0 Å². The van der Waals surface area contributed by atoms with Crippen LogP contribution < -0.4 is 11.1 Å². The van der Waals surface area contributed by atoms with Gasteiger partial charge in [0.1, 0.15) is 0 Å². The van der Waals surface area contributed by atoms with Crippen molar-refractivity contribution in [3.63, 3.8) is 0 Å². The van der Waals surface area contributed by atoms with Crippen molar-refractivity contribution in [1.82, 2.24) is 4.90 Å². The number of anilines is 1. The molecule has 0 spiro atoms. The summed E-state index contributed by atoms with van der Waals surface area (Å²) < 4.78 is 0. The van der Waals surface area contributed by atoms with Crippen LogP contribution in [-0.2, 0) is 6.54 Å². The maximum atomic E-state index is 5.92. The van der Waals surface area contributed by atoms with Gasteiger partial charge in [0.05, 0.1) is 0 Å². The van der Waals surface area contributed by atoms with Gasteiger partial charge in [-0.05, 0) is 51.0 Å². The predicted octanol–water partition coefficient (Wildman–Crippen LogP) is 2.68. The summed E-state index contributed by atoms with van der Waals surface area (Å²) in [5.41, 5.74) is 8.57. The third-order valence-corrected chi connectivity index (χ3v) is 4.06. The van der Waals surface area contributed by atoms with E-state index in [1.807, 2.05) is 0 Å². The predicted molar refractivity (Wildman–Crippen MR) is 82.3 cm³/mol. The average molecular weight is 261 g/mol. The van der Waals surface area contributed by atoms with E-state index in [9.17, 15) is 0 Å². The molecule has 0 amide bonds. The Kier molecular flexibility index (Phi) is 5.23. The molecule has 1 fully saturated rings. The number of para-hydroxylation sites is 1. The second-order valence-electron chi connectivity index (χ2n) is 5.93. The number of nitrogens with one attached hydrogen (secondary N) is 1. The molecule has 3 nitrogen and oxygen atoms in total. The highest BCUT2D eigenvalue weighted by Gasteiger charge is 2.24. The highest BCUT2D eigenvalue weighted by atomic mass is 15.1. The molecular weight excluding hydrogens is 234 g/mol. The molecule has 1 aromatic rings. The Balaban J connectivity index is 2.08. The van der Waals surface area contributed by atoms with Gasteiger partial charge in [0.25, 0.3) is 0 Å². The highest BCUT2D eigenvalue weighted by molar-refractivity contribution is 5.52. The van der Waals surface area contributed by atoms with Crippen molar-refractivity contribution in [2.24, 2.45) is 11.7 Å². The second kappa shape index (κ2) is 6.92. The van der Waals surface area contributed by atoms with Crippen LogP contribution >= 0.6 is 0 Å². The molecule has 2 rings (SSSR count). The van der Waals surface area contributed by atoms with Gasteiger partial charge < -0.3 is 16.0 Å². The maximum absolute atomic E-state index is 5.92. The lowest BCUT2D eigenvalue weighted by Gasteiger charge is -2.33. The summed E-state index contributed by atoms with van der Waals surface area (Å²) in [6, 6.07) is 9.18. The van der Waals surface area contributed by atoms with E-state index in [4.69, 9.17) is 5.73 Å². The largest absolute Gasteiger partial charge is 0.382 e. The van der Waals surface area contributed by atoms with Crippen LogP contribution in [0.15, 0.2) is 24.3 Å². The van der Waals surface area contributed by atoms with E-state index in [1.165, 1.54) is 36.9 Å². The summed E-state index contributed by atoms with van der Waals surface area (Å²) >= 11 is 0. The topological polar surface area (TPSA) is 41.3 Å².